The number of Topliss-reactive ketones (excluding diaryl/α,β-unsaturated/α-hetero) is 1. The van der Waals surface area contributed by atoms with Crippen LogP contribution in [0.2, 0.25) is 0 Å². The Morgan fingerprint density at radius 1 is 0.873 bits per heavy atom. The molecule has 0 radical (unpaired) electrons. The van der Waals surface area contributed by atoms with Gasteiger partial charge in [0.25, 0.3) is 0 Å². The number of nitrogens with two attached hydrogens (primary N) is 2. The number of ether oxygens (including phenoxy) is 3. The van der Waals surface area contributed by atoms with Crippen molar-refractivity contribution >= 4 is 41.5 Å². The second kappa shape index (κ2) is 28.3. The van der Waals surface area contributed by atoms with Gasteiger partial charge in [-0.05, 0) is 61.6 Å². The first kappa shape index (κ1) is 64.6. The number of carbonyl (C=O) groups excluding carboxylic acids is 4. The lowest BCUT2D eigenvalue weighted by atomic mass is 9.76. The molecule has 79 heavy (non-hydrogen) atoms. The molecule has 2 saturated heterocycles. The summed E-state index contributed by atoms with van der Waals surface area (Å²) in [6.07, 6.45) is -8.93. The number of nitrogens with zero attached hydrogens (tertiary/aromatic N) is 5. The number of aliphatic hydroxyl groups excluding tert-OH is 1. The number of carbonyl (C=O) groups is 4. The van der Waals surface area contributed by atoms with Gasteiger partial charge in [0.2, 0.25) is 11.9 Å². The minimum atomic E-state index is -4.95. The number of halogens is 10. The number of esters is 1. The number of piperazine rings is 1. The number of hydrogen-bond donors (Lipinski definition) is 5. The number of rotatable bonds is 21. The summed E-state index contributed by atoms with van der Waals surface area (Å²) >= 11 is 0. The number of aliphatic imine (C=N–C) groups is 1. The van der Waals surface area contributed by atoms with Gasteiger partial charge >= 0.3 is 31.0 Å². The Morgan fingerprint density at radius 2 is 1.44 bits per heavy atom. The van der Waals surface area contributed by atoms with Crippen molar-refractivity contribution in [3.8, 4) is 11.8 Å². The third-order valence-electron chi connectivity index (χ3n) is 13.6. The van der Waals surface area contributed by atoms with E-state index in [1.54, 1.807) is 36.7 Å². The summed E-state index contributed by atoms with van der Waals surface area (Å²) in [5, 5.41) is 16.1. The van der Waals surface area contributed by atoms with Crippen LogP contribution in [0.5, 0.6) is 0 Å². The number of amides is 2. The van der Waals surface area contributed by atoms with Gasteiger partial charge in [0, 0.05) is 87.2 Å². The molecule has 0 saturated carbocycles. The van der Waals surface area contributed by atoms with Crippen LogP contribution in [0, 0.1) is 46.1 Å². The molecule has 27 heteroatoms. The fourth-order valence-corrected chi connectivity index (χ4v) is 8.13. The summed E-state index contributed by atoms with van der Waals surface area (Å²) in [7, 11) is 1.96. The SMILES string of the molecule is COC(=O)C[C@H](C(N)=O)C(C)(C)C(F)(F)F.COC(=O)N[C@H](C(=O)C[C@@H](Cc1ccc(C#Cc2cnc(N3CCN(C4COC4)CC3)nc2)cc1)[C@@H](O)CNCc1c(F)cc(C(C=NC(F)F)=CN)cc1F)C(C)(C)C(F)(F)F. The number of hydrogen-bond acceptors (Lipinski definition) is 15. The summed E-state index contributed by atoms with van der Waals surface area (Å²) in [4.78, 5) is 64.1. The molecule has 2 aliphatic heterocycles. The van der Waals surface area contributed by atoms with Gasteiger partial charge in [-0.1, -0.05) is 37.8 Å². The molecule has 2 aliphatic rings. The largest absolute Gasteiger partial charge is 0.469 e. The van der Waals surface area contributed by atoms with Crippen molar-refractivity contribution in [3.63, 3.8) is 0 Å². The van der Waals surface area contributed by atoms with Gasteiger partial charge in [0.05, 0.1) is 68.3 Å². The average molecular weight is 1130 g/mol. The lowest BCUT2D eigenvalue weighted by Crippen LogP contribution is -2.56. The Labute approximate surface area is 449 Å². The second-order valence-corrected chi connectivity index (χ2v) is 19.6. The molecule has 434 valence electrons. The number of alkyl halides is 8. The van der Waals surface area contributed by atoms with E-state index in [2.05, 4.69) is 51.4 Å². The molecule has 1 aromatic heterocycles. The first-order valence-corrected chi connectivity index (χ1v) is 24.4. The smallest absolute Gasteiger partial charge is 0.407 e. The zero-order chi connectivity index (χ0) is 59.0. The minimum Gasteiger partial charge on any atom is -0.469 e. The molecule has 0 spiro atoms. The van der Waals surface area contributed by atoms with E-state index in [-0.39, 0.29) is 24.1 Å². The van der Waals surface area contributed by atoms with E-state index in [1.807, 2.05) is 5.32 Å². The summed E-state index contributed by atoms with van der Waals surface area (Å²) in [5.74, 6) is -1.35. The van der Waals surface area contributed by atoms with Crippen molar-refractivity contribution in [2.75, 3.05) is 65.1 Å². The van der Waals surface area contributed by atoms with Crippen LogP contribution in [0.3, 0.4) is 0 Å². The van der Waals surface area contributed by atoms with Crippen LogP contribution in [0.15, 0.2) is 60.0 Å². The highest BCUT2D eigenvalue weighted by Crippen LogP contribution is 2.45. The zero-order valence-electron chi connectivity index (χ0n) is 44.0. The van der Waals surface area contributed by atoms with Crippen molar-refractivity contribution in [2.24, 2.45) is 39.1 Å². The Bertz CT molecular complexity index is 2640. The van der Waals surface area contributed by atoms with Gasteiger partial charge in [0.15, 0.2) is 5.78 Å². The summed E-state index contributed by atoms with van der Waals surface area (Å²) in [6, 6.07) is 6.79. The zero-order valence-corrected chi connectivity index (χ0v) is 44.0. The molecule has 3 heterocycles. The van der Waals surface area contributed by atoms with E-state index in [1.165, 1.54) is 0 Å². The lowest BCUT2D eigenvalue weighted by molar-refractivity contribution is -0.229. The molecular weight excluding hydrogens is 1070 g/mol. The van der Waals surface area contributed by atoms with Crippen LogP contribution in [0.4, 0.5) is 54.6 Å². The quantitative estimate of drug-likeness (QED) is 0.0267. The maximum absolute atomic E-state index is 15.1. The molecule has 17 nitrogen and oxygen atoms in total. The maximum atomic E-state index is 15.1. The van der Waals surface area contributed by atoms with E-state index >= 15 is 8.78 Å². The van der Waals surface area contributed by atoms with Gasteiger partial charge in [-0.15, -0.1) is 0 Å². The number of anilines is 1. The molecule has 0 aliphatic carbocycles. The average Bonchev–Trinajstić information content (AvgIpc) is 3.45. The number of benzene rings is 2. The van der Waals surface area contributed by atoms with Crippen LogP contribution in [-0.4, -0.2) is 147 Å². The number of alkyl carbamates (subject to hydrolysis) is 1. The third-order valence-corrected chi connectivity index (χ3v) is 13.6. The number of aliphatic hydroxyl groups is 1. The van der Waals surface area contributed by atoms with Crippen LogP contribution >= 0.6 is 0 Å². The maximum Gasteiger partial charge on any atom is 0.407 e. The Hall–Kier alpha value is -6.89. The highest BCUT2D eigenvalue weighted by atomic mass is 19.4. The molecule has 2 amide bonds. The van der Waals surface area contributed by atoms with Crippen LogP contribution in [0.25, 0.3) is 5.57 Å². The molecule has 3 aromatic rings. The minimum absolute atomic E-state index is 0.0521. The third kappa shape index (κ3) is 18.1. The van der Waals surface area contributed by atoms with Gasteiger partial charge in [0.1, 0.15) is 17.7 Å². The summed E-state index contributed by atoms with van der Waals surface area (Å²) in [5.41, 5.74) is 6.08. The highest BCUT2D eigenvalue weighted by molar-refractivity contribution is 6.09. The number of ketones is 1. The lowest BCUT2D eigenvalue weighted by Gasteiger charge is -2.42. The van der Waals surface area contributed by atoms with E-state index in [0.29, 0.717) is 34.9 Å². The number of allylic oxidation sites excluding steroid dienone is 1. The fourth-order valence-electron chi connectivity index (χ4n) is 8.13. The van der Waals surface area contributed by atoms with Crippen LogP contribution < -0.4 is 27.0 Å². The molecule has 2 fully saturated rings. The summed E-state index contributed by atoms with van der Waals surface area (Å²) in [6.45, 7) is 4.09. The van der Waals surface area contributed by atoms with Crippen LogP contribution in [0.1, 0.15) is 68.4 Å². The van der Waals surface area contributed by atoms with Crippen LogP contribution in [-0.2, 0) is 41.6 Å². The molecule has 0 bridgehead atoms. The van der Waals surface area contributed by atoms with E-state index in [9.17, 15) is 59.4 Å². The number of aromatic nitrogens is 2. The molecule has 4 atom stereocenters. The molecule has 5 rings (SSSR count). The molecule has 7 N–H and O–H groups in total. The van der Waals surface area contributed by atoms with E-state index < -0.39 is 114 Å². The monoisotopic (exact) mass is 1130 g/mol. The topological polar surface area (TPSA) is 237 Å². The predicted octanol–water partition coefficient (Wildman–Crippen LogP) is 6.09. The Kier molecular flexibility index (Phi) is 23.2. The van der Waals surface area contributed by atoms with Crippen molar-refractivity contribution < 1.29 is 82.4 Å². The van der Waals surface area contributed by atoms with Crippen molar-refractivity contribution in [2.45, 2.75) is 90.6 Å². The predicted molar refractivity (Wildman–Crippen MR) is 269 cm³/mol. The molecule has 0 unspecified atom stereocenters. The number of primary amides is 1. The van der Waals surface area contributed by atoms with E-state index in [0.717, 1.165) is 99.6 Å². The van der Waals surface area contributed by atoms with Gasteiger partial charge in [-0.25, -0.2) is 28.5 Å². The normalized spacial score (nSPS) is 16.4. The van der Waals surface area contributed by atoms with Crippen molar-refractivity contribution in [3.05, 3.63) is 94.4 Å². The second-order valence-electron chi connectivity index (χ2n) is 19.6. The van der Waals surface area contributed by atoms with E-state index in [4.69, 9.17) is 16.2 Å². The Balaban J connectivity index is 0.000000726. The number of nitrogens with one attached hydrogen (secondary N) is 2. The molecule has 2 aromatic carbocycles. The Morgan fingerprint density at radius 3 is 1.92 bits per heavy atom. The van der Waals surface area contributed by atoms with Crippen molar-refractivity contribution in [1.29, 1.82) is 0 Å². The number of methoxy groups -OCH3 is 2. The molecular formula is C52H63F10N9O8. The van der Waals surface area contributed by atoms with Crippen molar-refractivity contribution in [1.82, 2.24) is 25.5 Å². The fraction of sp³-hybridized carbons (Fsp3) is 0.519. The standard InChI is InChI=1S/C43H49F7N8O5.C9H14F3NO3/c1-42(2,43(48,49)50)38(56-41(61)62-3)36(59)17-30(37(60)23-52-22-33-34(44)15-29(16-35(33)45)31(18-51)21-53-39(46)47)14-27-7-4-26(5-8-27)6-9-28-19-54-40(55-20-28)58-12-10-57(11-13-58)32-24-63-25-32;1-8(2,9(10,11)12)5(7(13)15)4-6(14)16-3/h4-5,7-8,15-16,18-21,30,32,37-39,52,60H,10-14,17,22-25,51H2,1-3H3,(H,56,61);5H,4H2,1-3H3,(H2,13,15)/t30-,37+,38-;5-/m11/s1. The highest BCUT2D eigenvalue weighted by Gasteiger charge is 2.56. The van der Waals surface area contributed by atoms with Gasteiger partial charge in [-0.2, -0.15) is 35.1 Å². The van der Waals surface area contributed by atoms with Gasteiger partial charge in [-0.3, -0.25) is 19.3 Å². The first-order chi connectivity index (χ1) is 36.9. The van der Waals surface area contributed by atoms with Gasteiger partial charge < -0.3 is 46.3 Å². The summed E-state index contributed by atoms with van der Waals surface area (Å²) < 4.78 is 150. The first-order valence-electron chi connectivity index (χ1n) is 24.4.